The van der Waals surface area contributed by atoms with Gasteiger partial charge in [0, 0.05) is 5.57 Å². The average molecular weight is 176 g/mol. The predicted octanol–water partition coefficient (Wildman–Crippen LogP) is -0.875. The molecular formula is C7H12O5. The molecule has 0 rings (SSSR count). The van der Waals surface area contributed by atoms with Gasteiger partial charge in [0.2, 0.25) is 5.79 Å². The Morgan fingerprint density at radius 3 is 2.25 bits per heavy atom. The van der Waals surface area contributed by atoms with Crippen molar-refractivity contribution in [2.45, 2.75) is 25.9 Å². The molecule has 0 aromatic carbocycles. The van der Waals surface area contributed by atoms with Gasteiger partial charge in [-0.15, -0.1) is 0 Å². The van der Waals surface area contributed by atoms with Crippen LogP contribution in [-0.2, 0) is 9.53 Å². The first-order valence-corrected chi connectivity index (χ1v) is 3.24. The molecule has 1 atom stereocenters. The normalized spacial score (nSPS) is 13.8. The Morgan fingerprint density at radius 1 is 1.58 bits per heavy atom. The lowest BCUT2D eigenvalue weighted by Gasteiger charge is -2.22. The van der Waals surface area contributed by atoms with Crippen molar-refractivity contribution in [1.82, 2.24) is 0 Å². The highest BCUT2D eigenvalue weighted by Gasteiger charge is 2.30. The van der Waals surface area contributed by atoms with Gasteiger partial charge in [-0.05, 0) is 13.8 Å². The van der Waals surface area contributed by atoms with E-state index in [1.165, 1.54) is 6.92 Å². The van der Waals surface area contributed by atoms with Crippen molar-refractivity contribution in [2.75, 3.05) is 0 Å². The van der Waals surface area contributed by atoms with Crippen LogP contribution in [0, 0.1) is 0 Å². The van der Waals surface area contributed by atoms with Crippen molar-refractivity contribution in [1.29, 1.82) is 0 Å². The van der Waals surface area contributed by atoms with Crippen molar-refractivity contribution in [3.8, 4) is 0 Å². The van der Waals surface area contributed by atoms with E-state index >= 15 is 0 Å². The summed E-state index contributed by atoms with van der Waals surface area (Å²) in [5.41, 5.74) is 0.0679. The number of aliphatic hydroxyl groups excluding tert-OH is 1. The number of hydrogen-bond donors (Lipinski definition) is 3. The standard InChI is InChI=1S/C7H12O5/c1-4(2)5(8)12-6(9)7(3,10)11/h6,9-11H,1H2,2-3H3. The zero-order chi connectivity index (χ0) is 9.94. The highest BCUT2D eigenvalue weighted by molar-refractivity contribution is 5.87. The second-order valence-electron chi connectivity index (χ2n) is 2.63. The molecule has 0 amide bonds. The fraction of sp³-hybridized carbons (Fsp3) is 0.571. The lowest BCUT2D eigenvalue weighted by Crippen LogP contribution is -2.42. The molecular weight excluding hydrogens is 164 g/mol. The van der Waals surface area contributed by atoms with Crippen molar-refractivity contribution in [3.63, 3.8) is 0 Å². The van der Waals surface area contributed by atoms with Crippen LogP contribution in [0.5, 0.6) is 0 Å². The number of esters is 1. The van der Waals surface area contributed by atoms with Gasteiger partial charge < -0.3 is 20.1 Å². The van der Waals surface area contributed by atoms with Gasteiger partial charge >= 0.3 is 5.97 Å². The third kappa shape index (κ3) is 3.47. The predicted molar refractivity (Wildman–Crippen MR) is 39.8 cm³/mol. The van der Waals surface area contributed by atoms with Crippen LogP contribution >= 0.6 is 0 Å². The third-order valence-electron chi connectivity index (χ3n) is 1.03. The highest BCUT2D eigenvalue weighted by Crippen LogP contribution is 2.08. The van der Waals surface area contributed by atoms with E-state index in [0.29, 0.717) is 0 Å². The van der Waals surface area contributed by atoms with Crippen molar-refractivity contribution in [3.05, 3.63) is 12.2 Å². The summed E-state index contributed by atoms with van der Waals surface area (Å²) in [6.45, 7) is 5.51. The monoisotopic (exact) mass is 176 g/mol. The molecule has 0 aromatic heterocycles. The van der Waals surface area contributed by atoms with E-state index in [0.717, 1.165) is 6.92 Å². The summed E-state index contributed by atoms with van der Waals surface area (Å²) in [5, 5.41) is 26.3. The zero-order valence-corrected chi connectivity index (χ0v) is 6.94. The van der Waals surface area contributed by atoms with Crippen LogP contribution < -0.4 is 0 Å². The van der Waals surface area contributed by atoms with E-state index in [4.69, 9.17) is 15.3 Å². The van der Waals surface area contributed by atoms with E-state index in [9.17, 15) is 4.79 Å². The number of hydrogen-bond acceptors (Lipinski definition) is 5. The number of carbonyl (C=O) groups is 1. The van der Waals surface area contributed by atoms with E-state index in [-0.39, 0.29) is 5.57 Å². The van der Waals surface area contributed by atoms with Gasteiger partial charge in [-0.25, -0.2) is 4.79 Å². The van der Waals surface area contributed by atoms with Crippen LogP contribution in [0.4, 0.5) is 0 Å². The molecule has 1 unspecified atom stereocenters. The van der Waals surface area contributed by atoms with Gasteiger partial charge in [-0.2, -0.15) is 0 Å². The van der Waals surface area contributed by atoms with Gasteiger partial charge in [0.25, 0.3) is 6.29 Å². The van der Waals surface area contributed by atoms with Gasteiger partial charge in [0.05, 0.1) is 0 Å². The summed E-state index contributed by atoms with van der Waals surface area (Å²) < 4.78 is 4.19. The van der Waals surface area contributed by atoms with Crippen LogP contribution in [0.1, 0.15) is 13.8 Å². The number of carbonyl (C=O) groups excluding carboxylic acids is 1. The molecule has 0 heterocycles. The maximum absolute atomic E-state index is 10.7. The first kappa shape index (κ1) is 11.1. The SMILES string of the molecule is C=C(C)C(=O)OC(O)C(C)(O)O. The molecule has 70 valence electrons. The Hall–Kier alpha value is -0.910. The molecule has 0 bridgehead atoms. The smallest absolute Gasteiger partial charge is 0.335 e. The molecule has 5 nitrogen and oxygen atoms in total. The number of ether oxygens (including phenoxy) is 1. The molecule has 3 N–H and O–H groups in total. The largest absolute Gasteiger partial charge is 0.427 e. The summed E-state index contributed by atoms with van der Waals surface area (Å²) in [5.74, 6) is -3.33. The number of aliphatic hydroxyl groups is 3. The first-order chi connectivity index (χ1) is 5.25. The first-order valence-electron chi connectivity index (χ1n) is 3.24. The minimum Gasteiger partial charge on any atom is -0.427 e. The van der Waals surface area contributed by atoms with Crippen LogP contribution in [-0.4, -0.2) is 33.4 Å². The molecule has 0 aromatic rings. The quantitative estimate of drug-likeness (QED) is 0.295. The summed E-state index contributed by atoms with van der Waals surface area (Å²) in [6, 6.07) is 0. The summed E-state index contributed by atoms with van der Waals surface area (Å²) in [6.07, 6.45) is -1.97. The Morgan fingerprint density at radius 2 is 2.00 bits per heavy atom. The van der Waals surface area contributed by atoms with E-state index < -0.39 is 18.0 Å². The summed E-state index contributed by atoms with van der Waals surface area (Å²) in [7, 11) is 0. The van der Waals surface area contributed by atoms with Crippen molar-refractivity contribution in [2.24, 2.45) is 0 Å². The minimum atomic E-state index is -2.45. The second-order valence-corrected chi connectivity index (χ2v) is 2.63. The molecule has 0 saturated heterocycles. The van der Waals surface area contributed by atoms with Crippen LogP contribution in [0.15, 0.2) is 12.2 Å². The Bertz CT molecular complexity index is 190. The van der Waals surface area contributed by atoms with Crippen LogP contribution in [0.2, 0.25) is 0 Å². The second kappa shape index (κ2) is 3.66. The van der Waals surface area contributed by atoms with Gasteiger partial charge in [0.1, 0.15) is 0 Å². The molecule has 0 radical (unpaired) electrons. The third-order valence-corrected chi connectivity index (χ3v) is 1.03. The van der Waals surface area contributed by atoms with Crippen molar-refractivity contribution >= 4 is 5.97 Å². The topological polar surface area (TPSA) is 87.0 Å². The van der Waals surface area contributed by atoms with Gasteiger partial charge in [-0.1, -0.05) is 6.58 Å². The summed E-state index contributed by atoms with van der Waals surface area (Å²) >= 11 is 0. The van der Waals surface area contributed by atoms with Gasteiger partial charge in [0.15, 0.2) is 0 Å². The van der Waals surface area contributed by atoms with E-state index in [1.807, 2.05) is 0 Å². The highest BCUT2D eigenvalue weighted by atomic mass is 16.7. The van der Waals surface area contributed by atoms with E-state index in [2.05, 4.69) is 11.3 Å². The molecule has 0 aliphatic heterocycles. The Kier molecular flexibility index (Phi) is 3.38. The molecule has 0 aliphatic carbocycles. The minimum absolute atomic E-state index is 0.0679. The average Bonchev–Trinajstić information content (AvgIpc) is 1.85. The number of rotatable bonds is 3. The zero-order valence-electron chi connectivity index (χ0n) is 6.94. The van der Waals surface area contributed by atoms with E-state index in [1.54, 1.807) is 0 Å². The van der Waals surface area contributed by atoms with Gasteiger partial charge in [-0.3, -0.25) is 0 Å². The maximum Gasteiger partial charge on any atom is 0.335 e. The lowest BCUT2D eigenvalue weighted by atomic mass is 10.3. The molecule has 0 saturated carbocycles. The fourth-order valence-electron chi connectivity index (χ4n) is 0.314. The molecule has 0 fully saturated rings. The molecule has 12 heavy (non-hydrogen) atoms. The van der Waals surface area contributed by atoms with Crippen LogP contribution in [0.3, 0.4) is 0 Å². The Balaban J connectivity index is 4.11. The molecule has 0 aliphatic rings. The molecule has 5 heteroatoms. The maximum atomic E-state index is 10.7. The van der Waals surface area contributed by atoms with Crippen molar-refractivity contribution < 1.29 is 24.9 Å². The summed E-state index contributed by atoms with van der Waals surface area (Å²) in [4.78, 5) is 10.7. The lowest BCUT2D eigenvalue weighted by molar-refractivity contribution is -0.284. The molecule has 0 spiro atoms. The Labute approximate surface area is 69.9 Å². The van der Waals surface area contributed by atoms with Crippen LogP contribution in [0.25, 0.3) is 0 Å². The fourth-order valence-corrected chi connectivity index (χ4v) is 0.314.